The van der Waals surface area contributed by atoms with Gasteiger partial charge in [0, 0.05) is 51.4 Å². The van der Waals surface area contributed by atoms with Gasteiger partial charge in [0.25, 0.3) is 0 Å². The van der Waals surface area contributed by atoms with Crippen LogP contribution in [0.5, 0.6) is 0 Å². The zero-order valence-electron chi connectivity index (χ0n) is 16.2. The third-order valence-electron chi connectivity index (χ3n) is 5.38. The van der Waals surface area contributed by atoms with Crippen molar-refractivity contribution >= 4 is 17.6 Å². The minimum atomic E-state index is -0.182. The molecule has 27 heavy (non-hydrogen) atoms. The SMILES string of the molecule is CCN1CCN(CCCNC(=O)N[C@@H]2CC(=O)N(c3ccccc3)C2)CC1. The van der Waals surface area contributed by atoms with Crippen molar-refractivity contribution in [3.63, 3.8) is 0 Å². The molecule has 1 atom stereocenters. The van der Waals surface area contributed by atoms with Crippen molar-refractivity contribution in [1.82, 2.24) is 20.4 Å². The summed E-state index contributed by atoms with van der Waals surface area (Å²) >= 11 is 0. The minimum absolute atomic E-state index is 0.0534. The van der Waals surface area contributed by atoms with Crippen molar-refractivity contribution in [1.29, 1.82) is 0 Å². The largest absolute Gasteiger partial charge is 0.338 e. The second-order valence-electron chi connectivity index (χ2n) is 7.27. The molecule has 2 aliphatic heterocycles. The molecule has 1 aromatic rings. The second-order valence-corrected chi connectivity index (χ2v) is 7.27. The summed E-state index contributed by atoms with van der Waals surface area (Å²) < 4.78 is 0. The second kappa shape index (κ2) is 9.71. The van der Waals surface area contributed by atoms with E-state index in [0.29, 0.717) is 19.5 Å². The molecule has 2 fully saturated rings. The Labute approximate surface area is 161 Å². The summed E-state index contributed by atoms with van der Waals surface area (Å²) in [6, 6.07) is 9.27. The Hall–Kier alpha value is -2.12. The molecule has 0 spiro atoms. The number of carbonyl (C=O) groups excluding carboxylic acids is 2. The number of amides is 3. The third kappa shape index (κ3) is 5.68. The number of para-hydroxylation sites is 1. The zero-order valence-corrected chi connectivity index (χ0v) is 16.2. The van der Waals surface area contributed by atoms with Crippen LogP contribution in [0.1, 0.15) is 19.8 Å². The molecule has 2 heterocycles. The van der Waals surface area contributed by atoms with Crippen LogP contribution in [0.15, 0.2) is 30.3 Å². The van der Waals surface area contributed by atoms with E-state index in [2.05, 4.69) is 27.4 Å². The molecule has 0 unspecified atom stereocenters. The molecule has 7 nitrogen and oxygen atoms in total. The fraction of sp³-hybridized carbons (Fsp3) is 0.600. The summed E-state index contributed by atoms with van der Waals surface area (Å²) in [6.45, 7) is 10.0. The summed E-state index contributed by atoms with van der Waals surface area (Å²) in [5, 5.41) is 5.85. The maximum Gasteiger partial charge on any atom is 0.315 e. The molecule has 7 heteroatoms. The van der Waals surface area contributed by atoms with Crippen LogP contribution in [-0.2, 0) is 4.79 Å². The van der Waals surface area contributed by atoms with Crippen LogP contribution in [0, 0.1) is 0 Å². The van der Waals surface area contributed by atoms with Crippen LogP contribution in [0.25, 0.3) is 0 Å². The van der Waals surface area contributed by atoms with Crippen LogP contribution < -0.4 is 15.5 Å². The van der Waals surface area contributed by atoms with Gasteiger partial charge >= 0.3 is 6.03 Å². The van der Waals surface area contributed by atoms with Crippen LogP contribution in [-0.4, -0.2) is 80.1 Å². The standard InChI is InChI=1S/C20H31N5O2/c1-2-23-11-13-24(14-12-23)10-6-9-21-20(27)22-17-15-19(26)25(16-17)18-7-4-3-5-8-18/h3-5,7-8,17H,2,6,9-16H2,1H3,(H2,21,22,27)/t17-/m1/s1. The number of anilines is 1. The molecule has 2 saturated heterocycles. The molecule has 0 saturated carbocycles. The molecule has 0 aromatic heterocycles. The van der Waals surface area contributed by atoms with Gasteiger partial charge in [0.15, 0.2) is 0 Å². The van der Waals surface area contributed by atoms with Gasteiger partial charge in [-0.25, -0.2) is 4.79 Å². The lowest BCUT2D eigenvalue weighted by Crippen LogP contribution is -2.47. The van der Waals surface area contributed by atoms with E-state index in [1.165, 1.54) is 0 Å². The van der Waals surface area contributed by atoms with Crippen molar-refractivity contribution < 1.29 is 9.59 Å². The predicted octanol–water partition coefficient (Wildman–Crippen LogP) is 1.12. The van der Waals surface area contributed by atoms with E-state index < -0.39 is 0 Å². The first kappa shape index (κ1) is 19.6. The summed E-state index contributed by atoms with van der Waals surface area (Å²) in [5.74, 6) is 0.0534. The van der Waals surface area contributed by atoms with Crippen LogP contribution in [0.2, 0.25) is 0 Å². The average Bonchev–Trinajstić information content (AvgIpc) is 3.06. The first-order chi connectivity index (χ1) is 13.2. The number of benzene rings is 1. The van der Waals surface area contributed by atoms with Crippen LogP contribution in [0.4, 0.5) is 10.5 Å². The number of nitrogens with one attached hydrogen (secondary N) is 2. The van der Waals surface area contributed by atoms with Crippen molar-refractivity contribution in [2.45, 2.75) is 25.8 Å². The van der Waals surface area contributed by atoms with Crippen LogP contribution >= 0.6 is 0 Å². The number of rotatable bonds is 7. The molecular weight excluding hydrogens is 342 g/mol. The lowest BCUT2D eigenvalue weighted by atomic mass is 10.2. The Morgan fingerprint density at radius 2 is 1.81 bits per heavy atom. The van der Waals surface area contributed by atoms with Crippen molar-refractivity contribution in [2.75, 3.05) is 57.3 Å². The molecule has 1 aromatic carbocycles. The van der Waals surface area contributed by atoms with E-state index in [9.17, 15) is 9.59 Å². The van der Waals surface area contributed by atoms with E-state index in [1.807, 2.05) is 30.3 Å². The third-order valence-corrected chi connectivity index (χ3v) is 5.38. The summed E-state index contributed by atoms with van der Waals surface area (Å²) in [7, 11) is 0. The molecule has 148 valence electrons. The maximum atomic E-state index is 12.2. The lowest BCUT2D eigenvalue weighted by Gasteiger charge is -2.33. The van der Waals surface area contributed by atoms with E-state index >= 15 is 0 Å². The molecule has 0 radical (unpaired) electrons. The summed E-state index contributed by atoms with van der Waals surface area (Å²) in [4.78, 5) is 31.0. The zero-order chi connectivity index (χ0) is 19.1. The number of carbonyl (C=O) groups is 2. The molecule has 0 bridgehead atoms. The van der Waals surface area contributed by atoms with Gasteiger partial charge in [0.2, 0.25) is 5.91 Å². The van der Waals surface area contributed by atoms with E-state index in [1.54, 1.807) is 4.90 Å². The van der Waals surface area contributed by atoms with Gasteiger partial charge in [0.1, 0.15) is 0 Å². The molecule has 2 N–H and O–H groups in total. The highest BCUT2D eigenvalue weighted by atomic mass is 16.2. The smallest absolute Gasteiger partial charge is 0.315 e. The van der Waals surface area contributed by atoms with Crippen molar-refractivity contribution in [3.8, 4) is 0 Å². The monoisotopic (exact) mass is 373 g/mol. The number of urea groups is 1. The van der Waals surface area contributed by atoms with Gasteiger partial charge < -0.3 is 25.3 Å². The van der Waals surface area contributed by atoms with Crippen LogP contribution in [0.3, 0.4) is 0 Å². The van der Waals surface area contributed by atoms with E-state index in [0.717, 1.165) is 51.4 Å². The number of likely N-dealkylation sites (N-methyl/N-ethyl adjacent to an activating group) is 1. The number of hydrogen-bond donors (Lipinski definition) is 2. The van der Waals surface area contributed by atoms with E-state index in [4.69, 9.17) is 0 Å². The number of nitrogens with zero attached hydrogens (tertiary/aromatic N) is 3. The fourth-order valence-electron chi connectivity index (χ4n) is 3.73. The Bertz CT molecular complexity index is 616. The van der Waals surface area contributed by atoms with Gasteiger partial charge in [-0.3, -0.25) is 4.79 Å². The summed E-state index contributed by atoms with van der Waals surface area (Å²) in [6.07, 6.45) is 1.29. The Morgan fingerprint density at radius 3 is 2.52 bits per heavy atom. The summed E-state index contributed by atoms with van der Waals surface area (Å²) in [5.41, 5.74) is 0.885. The quantitative estimate of drug-likeness (QED) is 0.703. The van der Waals surface area contributed by atoms with Gasteiger partial charge in [-0.05, 0) is 31.6 Å². The Kier molecular flexibility index (Phi) is 7.06. The van der Waals surface area contributed by atoms with Gasteiger partial charge in [-0.2, -0.15) is 0 Å². The number of piperazine rings is 1. The Morgan fingerprint density at radius 1 is 1.11 bits per heavy atom. The fourth-order valence-corrected chi connectivity index (χ4v) is 3.73. The highest BCUT2D eigenvalue weighted by Gasteiger charge is 2.31. The molecule has 3 rings (SSSR count). The lowest BCUT2D eigenvalue weighted by molar-refractivity contribution is -0.117. The van der Waals surface area contributed by atoms with Crippen molar-refractivity contribution in [2.24, 2.45) is 0 Å². The van der Waals surface area contributed by atoms with E-state index in [-0.39, 0.29) is 18.0 Å². The maximum absolute atomic E-state index is 12.2. The average molecular weight is 374 g/mol. The topological polar surface area (TPSA) is 67.9 Å². The normalized spacial score (nSPS) is 21.4. The molecule has 3 amide bonds. The molecular formula is C20H31N5O2. The minimum Gasteiger partial charge on any atom is -0.338 e. The molecule has 2 aliphatic rings. The first-order valence-electron chi connectivity index (χ1n) is 10.00. The highest BCUT2D eigenvalue weighted by molar-refractivity contribution is 5.96. The number of hydrogen-bond acceptors (Lipinski definition) is 4. The van der Waals surface area contributed by atoms with Gasteiger partial charge in [0.05, 0.1) is 6.04 Å². The first-order valence-corrected chi connectivity index (χ1v) is 10.00. The van der Waals surface area contributed by atoms with Gasteiger partial charge in [-0.1, -0.05) is 25.1 Å². The predicted molar refractivity (Wildman–Crippen MR) is 107 cm³/mol. The molecule has 0 aliphatic carbocycles. The Balaban J connectivity index is 1.31. The highest BCUT2D eigenvalue weighted by Crippen LogP contribution is 2.20. The van der Waals surface area contributed by atoms with Gasteiger partial charge in [-0.15, -0.1) is 0 Å². The van der Waals surface area contributed by atoms with Crippen molar-refractivity contribution in [3.05, 3.63) is 30.3 Å².